The van der Waals surface area contributed by atoms with Crippen molar-refractivity contribution in [2.75, 3.05) is 0 Å². The second-order valence-electron chi connectivity index (χ2n) is 3.67. The summed E-state index contributed by atoms with van der Waals surface area (Å²) in [7, 11) is 0. The monoisotopic (exact) mass is 199 g/mol. The number of carbonyl (C=O) groups excluding carboxylic acids is 1. The summed E-state index contributed by atoms with van der Waals surface area (Å²) in [6, 6.07) is 11.7. The number of benzene rings is 1. The molecule has 0 radical (unpaired) electrons. The predicted molar refractivity (Wildman–Crippen MR) is 60.0 cm³/mol. The van der Waals surface area contributed by atoms with Crippen LogP contribution in [0.4, 0.5) is 0 Å². The van der Waals surface area contributed by atoms with E-state index in [-0.39, 0.29) is 5.78 Å². The van der Waals surface area contributed by atoms with Crippen LogP contribution in [0, 0.1) is 6.92 Å². The largest absolute Gasteiger partial charge is 0.359 e. The Bertz CT molecular complexity index is 457. The van der Waals surface area contributed by atoms with Gasteiger partial charge in [0, 0.05) is 12.6 Å². The zero-order valence-corrected chi connectivity index (χ0v) is 8.66. The van der Waals surface area contributed by atoms with E-state index in [1.54, 1.807) is 12.3 Å². The van der Waals surface area contributed by atoms with Crippen LogP contribution >= 0.6 is 0 Å². The highest BCUT2D eigenvalue weighted by Gasteiger charge is 2.06. The van der Waals surface area contributed by atoms with Crippen molar-refractivity contribution >= 4 is 5.78 Å². The first kappa shape index (κ1) is 9.71. The van der Waals surface area contributed by atoms with Gasteiger partial charge < -0.3 is 4.98 Å². The molecular formula is C13H13NO. The number of carbonyl (C=O) groups is 1. The Morgan fingerprint density at radius 1 is 1.27 bits per heavy atom. The summed E-state index contributed by atoms with van der Waals surface area (Å²) in [5.41, 5.74) is 2.93. The third-order valence-electron chi connectivity index (χ3n) is 2.35. The molecule has 1 aromatic carbocycles. The average Bonchev–Trinajstić information content (AvgIpc) is 2.70. The zero-order valence-electron chi connectivity index (χ0n) is 8.66. The molecule has 0 unspecified atom stereocenters. The average molecular weight is 199 g/mol. The molecule has 2 heteroatoms. The first-order valence-corrected chi connectivity index (χ1v) is 4.98. The molecule has 0 amide bonds. The summed E-state index contributed by atoms with van der Waals surface area (Å²) in [4.78, 5) is 14.7. The molecule has 1 heterocycles. The second kappa shape index (κ2) is 4.13. The van der Waals surface area contributed by atoms with Gasteiger partial charge >= 0.3 is 0 Å². The van der Waals surface area contributed by atoms with Gasteiger partial charge in [0.1, 0.15) is 0 Å². The SMILES string of the molecule is Cc1cccc(CC(=O)c2ccc[nH]2)c1. The van der Waals surface area contributed by atoms with Gasteiger partial charge in [-0.1, -0.05) is 29.8 Å². The Kier molecular flexibility index (Phi) is 2.68. The molecule has 1 aromatic heterocycles. The third kappa shape index (κ3) is 2.34. The van der Waals surface area contributed by atoms with Gasteiger partial charge in [-0.3, -0.25) is 4.79 Å². The van der Waals surface area contributed by atoms with Crippen molar-refractivity contribution in [1.82, 2.24) is 4.98 Å². The Balaban J connectivity index is 2.13. The molecule has 0 aliphatic heterocycles. The van der Waals surface area contributed by atoms with E-state index in [4.69, 9.17) is 0 Å². The molecule has 1 N–H and O–H groups in total. The summed E-state index contributed by atoms with van der Waals surface area (Å²) in [5.74, 6) is 0.130. The van der Waals surface area contributed by atoms with E-state index in [9.17, 15) is 4.79 Å². The molecule has 0 saturated heterocycles. The Hall–Kier alpha value is -1.83. The van der Waals surface area contributed by atoms with Crippen molar-refractivity contribution in [1.29, 1.82) is 0 Å². The number of aromatic nitrogens is 1. The van der Waals surface area contributed by atoms with Crippen LogP contribution in [0.15, 0.2) is 42.6 Å². The fourth-order valence-electron chi connectivity index (χ4n) is 1.61. The number of rotatable bonds is 3. The fourth-order valence-corrected chi connectivity index (χ4v) is 1.61. The van der Waals surface area contributed by atoms with Gasteiger partial charge in [0.15, 0.2) is 5.78 Å². The number of hydrogen-bond donors (Lipinski definition) is 1. The smallest absolute Gasteiger partial charge is 0.183 e. The van der Waals surface area contributed by atoms with Gasteiger partial charge in [0.05, 0.1) is 5.69 Å². The fraction of sp³-hybridized carbons (Fsp3) is 0.154. The lowest BCUT2D eigenvalue weighted by molar-refractivity contribution is 0.0989. The lowest BCUT2D eigenvalue weighted by Gasteiger charge is -2.00. The number of aromatic amines is 1. The van der Waals surface area contributed by atoms with Gasteiger partial charge in [-0.2, -0.15) is 0 Å². The van der Waals surface area contributed by atoms with Gasteiger partial charge in [0.25, 0.3) is 0 Å². The molecule has 15 heavy (non-hydrogen) atoms. The number of H-pyrrole nitrogens is 1. The molecule has 2 rings (SSSR count). The normalized spacial score (nSPS) is 10.2. The highest BCUT2D eigenvalue weighted by Crippen LogP contribution is 2.08. The topological polar surface area (TPSA) is 32.9 Å². The standard InChI is InChI=1S/C13H13NO/c1-10-4-2-5-11(8-10)9-13(15)12-6-3-7-14-12/h2-8,14H,9H2,1H3. The van der Waals surface area contributed by atoms with Gasteiger partial charge in [-0.05, 0) is 24.6 Å². The molecule has 0 saturated carbocycles. The van der Waals surface area contributed by atoms with Crippen LogP contribution in [0.2, 0.25) is 0 Å². The molecule has 2 aromatic rings. The molecule has 0 atom stereocenters. The van der Waals surface area contributed by atoms with E-state index in [1.807, 2.05) is 37.3 Å². The van der Waals surface area contributed by atoms with Gasteiger partial charge in [-0.15, -0.1) is 0 Å². The maximum absolute atomic E-state index is 11.8. The molecule has 0 bridgehead atoms. The van der Waals surface area contributed by atoms with Crippen molar-refractivity contribution in [3.05, 3.63) is 59.4 Å². The number of Topliss-reactive ketones (excluding diaryl/α,β-unsaturated/α-hetero) is 1. The van der Waals surface area contributed by atoms with Gasteiger partial charge in [0.2, 0.25) is 0 Å². The Morgan fingerprint density at radius 3 is 2.80 bits per heavy atom. The lowest BCUT2D eigenvalue weighted by atomic mass is 10.1. The molecule has 0 aliphatic rings. The van der Waals surface area contributed by atoms with Crippen LogP contribution in [-0.4, -0.2) is 10.8 Å². The first-order valence-electron chi connectivity index (χ1n) is 4.98. The Labute approximate surface area is 89.0 Å². The molecular weight excluding hydrogens is 186 g/mol. The minimum Gasteiger partial charge on any atom is -0.359 e. The summed E-state index contributed by atoms with van der Waals surface area (Å²) in [6.45, 7) is 2.03. The third-order valence-corrected chi connectivity index (χ3v) is 2.35. The van der Waals surface area contributed by atoms with E-state index in [1.165, 1.54) is 5.56 Å². The van der Waals surface area contributed by atoms with Crippen LogP contribution in [0.25, 0.3) is 0 Å². The minimum absolute atomic E-state index is 0.130. The van der Waals surface area contributed by atoms with Crippen molar-refractivity contribution in [2.45, 2.75) is 13.3 Å². The van der Waals surface area contributed by atoms with Crippen molar-refractivity contribution in [3.63, 3.8) is 0 Å². The molecule has 0 fully saturated rings. The lowest BCUT2D eigenvalue weighted by Crippen LogP contribution is -2.03. The maximum atomic E-state index is 11.8. The van der Waals surface area contributed by atoms with Crippen LogP contribution in [0.5, 0.6) is 0 Å². The van der Waals surface area contributed by atoms with Crippen LogP contribution < -0.4 is 0 Å². The summed E-state index contributed by atoms with van der Waals surface area (Å²) in [6.07, 6.45) is 2.23. The molecule has 0 spiro atoms. The number of ketones is 1. The number of nitrogens with one attached hydrogen (secondary N) is 1. The molecule has 76 valence electrons. The quantitative estimate of drug-likeness (QED) is 0.757. The van der Waals surface area contributed by atoms with E-state index in [2.05, 4.69) is 4.98 Å². The summed E-state index contributed by atoms with van der Waals surface area (Å²) < 4.78 is 0. The number of hydrogen-bond acceptors (Lipinski definition) is 1. The highest BCUT2D eigenvalue weighted by atomic mass is 16.1. The first-order chi connectivity index (χ1) is 7.25. The van der Waals surface area contributed by atoms with Crippen LogP contribution in [-0.2, 0) is 6.42 Å². The van der Waals surface area contributed by atoms with Crippen LogP contribution in [0.3, 0.4) is 0 Å². The van der Waals surface area contributed by atoms with E-state index < -0.39 is 0 Å². The highest BCUT2D eigenvalue weighted by molar-refractivity contribution is 5.95. The summed E-state index contributed by atoms with van der Waals surface area (Å²) >= 11 is 0. The van der Waals surface area contributed by atoms with E-state index in [0.717, 1.165) is 5.56 Å². The summed E-state index contributed by atoms with van der Waals surface area (Å²) in [5, 5.41) is 0. The van der Waals surface area contributed by atoms with Gasteiger partial charge in [-0.25, -0.2) is 0 Å². The zero-order chi connectivity index (χ0) is 10.7. The Morgan fingerprint density at radius 2 is 2.13 bits per heavy atom. The van der Waals surface area contributed by atoms with Crippen LogP contribution in [0.1, 0.15) is 21.6 Å². The van der Waals surface area contributed by atoms with Crippen molar-refractivity contribution in [3.8, 4) is 0 Å². The number of aryl methyl sites for hydroxylation is 1. The molecule has 0 aliphatic carbocycles. The van der Waals surface area contributed by atoms with Crippen molar-refractivity contribution in [2.24, 2.45) is 0 Å². The maximum Gasteiger partial charge on any atom is 0.183 e. The minimum atomic E-state index is 0.130. The predicted octanol–water partition coefficient (Wildman–Crippen LogP) is 2.75. The molecule has 2 nitrogen and oxygen atoms in total. The van der Waals surface area contributed by atoms with Crippen molar-refractivity contribution < 1.29 is 4.79 Å². The van der Waals surface area contributed by atoms with E-state index in [0.29, 0.717) is 12.1 Å². The second-order valence-corrected chi connectivity index (χ2v) is 3.67. The van der Waals surface area contributed by atoms with E-state index >= 15 is 0 Å².